The number of hydrogen-bond donors (Lipinski definition) is 1. The highest BCUT2D eigenvalue weighted by atomic mass is 32.2. The number of sulfonamides is 2. The molecule has 32 heavy (non-hydrogen) atoms. The third kappa shape index (κ3) is 5.03. The van der Waals surface area contributed by atoms with Gasteiger partial charge in [-0.1, -0.05) is 12.5 Å². The summed E-state index contributed by atoms with van der Waals surface area (Å²) in [6.45, 7) is 4.23. The van der Waals surface area contributed by atoms with Crippen LogP contribution < -0.4 is 9.46 Å². The van der Waals surface area contributed by atoms with Crippen LogP contribution in [-0.2, 0) is 20.0 Å². The standard InChI is InChI=1S/C20H25N3O7S2/c1-3-30-19-10-8-16(13-20(19)32(28,29)22-11-5-4-6-12-22)21-31(26,27)17-9-7-15(2)18(14-17)23(24)25/h7-10,13-14,21H,3-6,11-12H2,1-2H3. The maximum atomic E-state index is 13.2. The Morgan fingerprint density at radius 2 is 1.75 bits per heavy atom. The Bertz CT molecular complexity index is 1220. The van der Waals surface area contributed by atoms with Gasteiger partial charge in [0.05, 0.1) is 22.1 Å². The molecule has 2 aromatic rings. The molecule has 0 radical (unpaired) electrons. The summed E-state index contributed by atoms with van der Waals surface area (Å²) in [6.07, 6.45) is 2.45. The van der Waals surface area contributed by atoms with Gasteiger partial charge in [0.1, 0.15) is 10.6 Å². The predicted octanol–water partition coefficient (Wildman–Crippen LogP) is 3.28. The maximum absolute atomic E-state index is 13.2. The van der Waals surface area contributed by atoms with Crippen LogP contribution in [0.5, 0.6) is 5.75 Å². The monoisotopic (exact) mass is 483 g/mol. The third-order valence-electron chi connectivity index (χ3n) is 5.12. The van der Waals surface area contributed by atoms with Crippen LogP contribution in [0.3, 0.4) is 0 Å². The van der Waals surface area contributed by atoms with E-state index < -0.39 is 25.0 Å². The summed E-state index contributed by atoms with van der Waals surface area (Å²) < 4.78 is 61.3. The van der Waals surface area contributed by atoms with Crippen molar-refractivity contribution in [2.75, 3.05) is 24.4 Å². The van der Waals surface area contributed by atoms with Crippen LogP contribution in [0.25, 0.3) is 0 Å². The average Bonchev–Trinajstić information content (AvgIpc) is 2.75. The van der Waals surface area contributed by atoms with E-state index in [2.05, 4.69) is 4.72 Å². The molecule has 0 spiro atoms. The molecule has 1 N–H and O–H groups in total. The minimum atomic E-state index is -4.20. The zero-order chi connectivity index (χ0) is 23.5. The van der Waals surface area contributed by atoms with Gasteiger partial charge >= 0.3 is 0 Å². The van der Waals surface area contributed by atoms with Crippen molar-refractivity contribution in [3.8, 4) is 5.75 Å². The number of benzene rings is 2. The molecular formula is C20H25N3O7S2. The van der Waals surface area contributed by atoms with Gasteiger partial charge in [-0.15, -0.1) is 0 Å². The van der Waals surface area contributed by atoms with Crippen molar-refractivity contribution in [1.29, 1.82) is 0 Å². The molecule has 1 aliphatic heterocycles. The predicted molar refractivity (Wildman–Crippen MR) is 119 cm³/mol. The summed E-state index contributed by atoms with van der Waals surface area (Å²) in [6, 6.07) is 7.57. The SMILES string of the molecule is CCOc1ccc(NS(=O)(=O)c2ccc(C)c([N+](=O)[O-])c2)cc1S(=O)(=O)N1CCCCC1. The lowest BCUT2D eigenvalue weighted by atomic mass is 10.2. The Morgan fingerprint density at radius 1 is 1.06 bits per heavy atom. The fourth-order valence-corrected chi connectivity index (χ4v) is 6.20. The van der Waals surface area contributed by atoms with E-state index in [1.54, 1.807) is 6.92 Å². The van der Waals surface area contributed by atoms with Crippen molar-refractivity contribution in [3.63, 3.8) is 0 Å². The van der Waals surface area contributed by atoms with Gasteiger partial charge in [0.15, 0.2) is 0 Å². The molecule has 1 saturated heterocycles. The first-order valence-electron chi connectivity index (χ1n) is 10.1. The Labute approximate surface area is 187 Å². The number of nitro groups is 1. The van der Waals surface area contributed by atoms with Gasteiger partial charge in [-0.2, -0.15) is 4.31 Å². The number of piperidine rings is 1. The highest BCUT2D eigenvalue weighted by molar-refractivity contribution is 7.92. The molecular weight excluding hydrogens is 458 g/mol. The second-order valence-corrected chi connectivity index (χ2v) is 11.0. The third-order valence-corrected chi connectivity index (χ3v) is 8.42. The van der Waals surface area contributed by atoms with E-state index in [4.69, 9.17) is 4.74 Å². The molecule has 0 bridgehead atoms. The first-order chi connectivity index (χ1) is 15.1. The van der Waals surface area contributed by atoms with Crippen LogP contribution in [-0.4, -0.2) is 45.8 Å². The van der Waals surface area contributed by atoms with Gasteiger partial charge in [0, 0.05) is 24.7 Å². The smallest absolute Gasteiger partial charge is 0.273 e. The highest BCUT2D eigenvalue weighted by Gasteiger charge is 2.30. The Kier molecular flexibility index (Phi) is 7.06. The molecule has 1 heterocycles. The quantitative estimate of drug-likeness (QED) is 0.449. The molecule has 0 unspecified atom stereocenters. The lowest BCUT2D eigenvalue weighted by Crippen LogP contribution is -2.35. The molecule has 10 nitrogen and oxygen atoms in total. The highest BCUT2D eigenvalue weighted by Crippen LogP contribution is 2.32. The number of rotatable bonds is 8. The van der Waals surface area contributed by atoms with Gasteiger partial charge in [-0.3, -0.25) is 14.8 Å². The molecule has 0 saturated carbocycles. The van der Waals surface area contributed by atoms with Crippen molar-refractivity contribution in [3.05, 3.63) is 52.1 Å². The maximum Gasteiger partial charge on any atom is 0.273 e. The van der Waals surface area contributed by atoms with Crippen molar-refractivity contribution in [2.45, 2.75) is 42.9 Å². The number of anilines is 1. The Balaban J connectivity index is 1.99. The van der Waals surface area contributed by atoms with Gasteiger partial charge in [0.25, 0.3) is 15.7 Å². The Hall–Kier alpha value is -2.70. The van der Waals surface area contributed by atoms with Crippen LogP contribution in [0.1, 0.15) is 31.7 Å². The molecule has 1 fully saturated rings. The van der Waals surface area contributed by atoms with Gasteiger partial charge in [0.2, 0.25) is 10.0 Å². The first kappa shape index (κ1) is 24.0. The minimum Gasteiger partial charge on any atom is -0.492 e. The molecule has 12 heteroatoms. The lowest BCUT2D eigenvalue weighted by Gasteiger charge is -2.27. The van der Waals surface area contributed by atoms with E-state index in [0.717, 1.165) is 25.3 Å². The number of nitrogens with zero attached hydrogens (tertiary/aromatic N) is 2. The zero-order valence-electron chi connectivity index (χ0n) is 17.8. The lowest BCUT2D eigenvalue weighted by molar-refractivity contribution is -0.385. The van der Waals surface area contributed by atoms with Gasteiger partial charge in [-0.25, -0.2) is 16.8 Å². The van der Waals surface area contributed by atoms with Gasteiger partial charge in [-0.05, 0) is 51.0 Å². The number of ether oxygens (including phenoxy) is 1. The number of hydrogen-bond acceptors (Lipinski definition) is 7. The minimum absolute atomic E-state index is 0.00673. The van der Waals surface area contributed by atoms with Crippen molar-refractivity contribution in [2.24, 2.45) is 0 Å². The van der Waals surface area contributed by atoms with Crippen LogP contribution in [0.15, 0.2) is 46.2 Å². The first-order valence-corrected chi connectivity index (χ1v) is 13.0. The summed E-state index contributed by atoms with van der Waals surface area (Å²) >= 11 is 0. The Morgan fingerprint density at radius 3 is 2.38 bits per heavy atom. The molecule has 0 atom stereocenters. The van der Waals surface area contributed by atoms with Crippen LogP contribution >= 0.6 is 0 Å². The molecule has 1 aliphatic rings. The summed E-state index contributed by atoms with van der Waals surface area (Å²) in [5, 5.41) is 11.2. The fraction of sp³-hybridized carbons (Fsp3) is 0.400. The number of nitrogens with one attached hydrogen (secondary N) is 1. The fourth-order valence-electron chi connectivity index (χ4n) is 3.46. The second kappa shape index (κ2) is 9.43. The topological polar surface area (TPSA) is 136 Å². The van der Waals surface area contributed by atoms with E-state index in [9.17, 15) is 26.9 Å². The van der Waals surface area contributed by atoms with E-state index in [1.807, 2.05) is 0 Å². The largest absolute Gasteiger partial charge is 0.492 e. The van der Waals surface area contributed by atoms with E-state index >= 15 is 0 Å². The van der Waals surface area contributed by atoms with E-state index in [-0.39, 0.29) is 33.5 Å². The summed E-state index contributed by atoms with van der Waals surface area (Å²) in [7, 11) is -8.10. The zero-order valence-corrected chi connectivity index (χ0v) is 19.4. The van der Waals surface area contributed by atoms with Crippen LogP contribution in [0.2, 0.25) is 0 Å². The molecule has 174 valence electrons. The van der Waals surface area contributed by atoms with Crippen LogP contribution in [0, 0.1) is 17.0 Å². The van der Waals surface area contributed by atoms with Crippen LogP contribution in [0.4, 0.5) is 11.4 Å². The molecule has 2 aromatic carbocycles. The van der Waals surface area contributed by atoms with E-state index in [0.29, 0.717) is 18.7 Å². The molecule has 3 rings (SSSR count). The molecule has 0 aliphatic carbocycles. The number of aryl methyl sites for hydroxylation is 1. The number of nitro benzene ring substituents is 1. The van der Waals surface area contributed by atoms with Gasteiger partial charge < -0.3 is 4.74 Å². The summed E-state index contributed by atoms with van der Waals surface area (Å²) in [5.41, 5.74) is 0.00475. The summed E-state index contributed by atoms with van der Waals surface area (Å²) in [4.78, 5) is 10.1. The normalized spacial score (nSPS) is 15.3. The summed E-state index contributed by atoms with van der Waals surface area (Å²) in [5.74, 6) is 0.131. The average molecular weight is 484 g/mol. The second-order valence-electron chi connectivity index (χ2n) is 7.37. The molecule has 0 aromatic heterocycles. The van der Waals surface area contributed by atoms with Crippen molar-refractivity contribution < 1.29 is 26.5 Å². The van der Waals surface area contributed by atoms with Crippen molar-refractivity contribution in [1.82, 2.24) is 4.31 Å². The van der Waals surface area contributed by atoms with Crippen molar-refractivity contribution >= 4 is 31.4 Å². The van der Waals surface area contributed by atoms with E-state index in [1.165, 1.54) is 41.6 Å². The molecule has 0 amide bonds.